The highest BCUT2D eigenvalue weighted by Gasteiger charge is 2.30. The van der Waals surface area contributed by atoms with Crippen LogP contribution in [0.1, 0.15) is 52.4 Å². The van der Waals surface area contributed by atoms with E-state index >= 15 is 0 Å². The number of hydrogen-bond donors (Lipinski definition) is 1. The van der Waals surface area contributed by atoms with Crippen LogP contribution in [0, 0.1) is 0 Å². The summed E-state index contributed by atoms with van der Waals surface area (Å²) in [5, 5.41) is 3.45. The molecule has 0 aliphatic carbocycles. The quantitative estimate of drug-likeness (QED) is 0.269. The maximum Gasteiger partial charge on any atom is 0.305 e. The highest BCUT2D eigenvalue weighted by atomic mass is 16.5. The molecule has 0 amide bonds. The standard InChI is InChI=1S/C20H38N4O3/c1-3-21-20(22-11-8-6-5-7-9-19(25)27-4-2)24-12-10-18(17-24)23-13-15-26-16-14-23/h18H,3-17H2,1-2H3,(H,21,22). The molecule has 1 unspecified atom stereocenters. The number of morpholine rings is 1. The number of guanidine groups is 1. The van der Waals surface area contributed by atoms with E-state index in [-0.39, 0.29) is 5.97 Å². The van der Waals surface area contributed by atoms with Gasteiger partial charge in [-0.05, 0) is 33.1 Å². The minimum absolute atomic E-state index is 0.0752. The monoisotopic (exact) mass is 382 g/mol. The molecule has 1 atom stereocenters. The van der Waals surface area contributed by atoms with Gasteiger partial charge >= 0.3 is 5.97 Å². The minimum Gasteiger partial charge on any atom is -0.466 e. The van der Waals surface area contributed by atoms with Crippen LogP contribution in [0.5, 0.6) is 0 Å². The number of carbonyl (C=O) groups is 1. The zero-order valence-corrected chi connectivity index (χ0v) is 17.3. The predicted octanol–water partition coefficient (Wildman–Crippen LogP) is 1.87. The van der Waals surface area contributed by atoms with Gasteiger partial charge in [0.05, 0.1) is 19.8 Å². The zero-order chi connectivity index (χ0) is 19.3. The summed E-state index contributed by atoms with van der Waals surface area (Å²) in [5.41, 5.74) is 0. The summed E-state index contributed by atoms with van der Waals surface area (Å²) < 4.78 is 10.4. The minimum atomic E-state index is -0.0752. The topological polar surface area (TPSA) is 66.4 Å². The molecule has 2 saturated heterocycles. The van der Waals surface area contributed by atoms with E-state index in [1.54, 1.807) is 0 Å². The Hall–Kier alpha value is -1.34. The Balaban J connectivity index is 1.65. The van der Waals surface area contributed by atoms with Crippen LogP contribution in [0.15, 0.2) is 4.99 Å². The first-order valence-electron chi connectivity index (χ1n) is 10.7. The number of nitrogens with one attached hydrogen (secondary N) is 1. The molecule has 0 saturated carbocycles. The van der Waals surface area contributed by atoms with Crippen LogP contribution in [-0.4, -0.2) is 86.9 Å². The lowest BCUT2D eigenvalue weighted by atomic mass is 10.1. The van der Waals surface area contributed by atoms with Crippen molar-refractivity contribution in [1.82, 2.24) is 15.1 Å². The van der Waals surface area contributed by atoms with Crippen LogP contribution in [-0.2, 0) is 14.3 Å². The molecule has 2 aliphatic rings. The normalized spacial score (nSPS) is 21.5. The number of likely N-dealkylation sites (tertiary alicyclic amines) is 1. The Morgan fingerprint density at radius 3 is 2.67 bits per heavy atom. The van der Waals surface area contributed by atoms with Crippen LogP contribution in [0.4, 0.5) is 0 Å². The van der Waals surface area contributed by atoms with Crippen molar-refractivity contribution >= 4 is 11.9 Å². The number of rotatable bonds is 10. The third kappa shape index (κ3) is 8.05. The lowest BCUT2D eigenvalue weighted by Gasteiger charge is -2.32. The third-order valence-electron chi connectivity index (χ3n) is 5.22. The average molecular weight is 383 g/mol. The van der Waals surface area contributed by atoms with Gasteiger partial charge in [-0.2, -0.15) is 0 Å². The van der Waals surface area contributed by atoms with Gasteiger partial charge in [-0.3, -0.25) is 14.7 Å². The van der Waals surface area contributed by atoms with E-state index < -0.39 is 0 Å². The first-order chi connectivity index (χ1) is 13.2. The smallest absolute Gasteiger partial charge is 0.305 e. The molecular weight excluding hydrogens is 344 g/mol. The molecule has 2 rings (SSSR count). The summed E-state index contributed by atoms with van der Waals surface area (Å²) in [5.74, 6) is 0.980. The Morgan fingerprint density at radius 2 is 1.93 bits per heavy atom. The number of unbranched alkanes of at least 4 members (excludes halogenated alkanes) is 3. The van der Waals surface area contributed by atoms with Gasteiger partial charge < -0.3 is 19.7 Å². The molecule has 0 aromatic carbocycles. The van der Waals surface area contributed by atoms with E-state index in [1.165, 1.54) is 6.42 Å². The second kappa shape index (κ2) is 12.9. The number of esters is 1. The highest BCUT2D eigenvalue weighted by molar-refractivity contribution is 5.80. The zero-order valence-electron chi connectivity index (χ0n) is 17.3. The molecule has 7 nitrogen and oxygen atoms in total. The van der Waals surface area contributed by atoms with E-state index in [9.17, 15) is 4.79 Å². The average Bonchev–Trinajstić information content (AvgIpc) is 3.17. The van der Waals surface area contributed by atoms with E-state index in [1.807, 2.05) is 6.92 Å². The van der Waals surface area contributed by atoms with Gasteiger partial charge in [0, 0.05) is 51.7 Å². The van der Waals surface area contributed by atoms with Crippen LogP contribution < -0.4 is 5.32 Å². The van der Waals surface area contributed by atoms with E-state index in [0.29, 0.717) is 19.1 Å². The van der Waals surface area contributed by atoms with E-state index in [0.717, 1.165) is 84.1 Å². The second-order valence-corrected chi connectivity index (χ2v) is 7.24. The number of nitrogens with zero attached hydrogens (tertiary/aromatic N) is 3. The fourth-order valence-electron chi connectivity index (χ4n) is 3.75. The molecule has 2 fully saturated rings. The van der Waals surface area contributed by atoms with Gasteiger partial charge in [-0.1, -0.05) is 12.8 Å². The van der Waals surface area contributed by atoms with E-state index in [2.05, 4.69) is 22.0 Å². The van der Waals surface area contributed by atoms with Crippen molar-refractivity contribution in [1.29, 1.82) is 0 Å². The highest BCUT2D eigenvalue weighted by Crippen LogP contribution is 2.17. The lowest BCUT2D eigenvalue weighted by Crippen LogP contribution is -2.46. The fraction of sp³-hybridized carbons (Fsp3) is 0.900. The molecule has 0 radical (unpaired) electrons. The SMILES string of the molecule is CCNC(=NCCCCCCC(=O)OCC)N1CCC(N2CCOCC2)C1. The summed E-state index contributed by atoms with van der Waals surface area (Å²) >= 11 is 0. The predicted molar refractivity (Wildman–Crippen MR) is 108 cm³/mol. The van der Waals surface area contributed by atoms with Crippen LogP contribution in [0.25, 0.3) is 0 Å². The maximum absolute atomic E-state index is 11.3. The van der Waals surface area contributed by atoms with Crippen molar-refractivity contribution in [2.75, 3.05) is 59.1 Å². The molecule has 0 spiro atoms. The van der Waals surface area contributed by atoms with Gasteiger partial charge in [0.25, 0.3) is 0 Å². The molecule has 2 heterocycles. The first kappa shape index (κ1) is 22.0. The van der Waals surface area contributed by atoms with E-state index in [4.69, 9.17) is 14.5 Å². The van der Waals surface area contributed by atoms with Crippen LogP contribution in [0.3, 0.4) is 0 Å². The van der Waals surface area contributed by atoms with Crippen molar-refractivity contribution in [3.05, 3.63) is 0 Å². The Labute approximate surface area is 164 Å². The molecule has 0 aromatic heterocycles. The van der Waals surface area contributed by atoms with Crippen molar-refractivity contribution in [2.24, 2.45) is 4.99 Å². The summed E-state index contributed by atoms with van der Waals surface area (Å²) in [4.78, 5) is 21.1. The van der Waals surface area contributed by atoms with Gasteiger partial charge in [0.15, 0.2) is 5.96 Å². The molecule has 156 valence electrons. The van der Waals surface area contributed by atoms with Crippen molar-refractivity contribution in [3.63, 3.8) is 0 Å². The summed E-state index contributed by atoms with van der Waals surface area (Å²) in [6, 6.07) is 0.626. The van der Waals surface area contributed by atoms with Gasteiger partial charge in [-0.15, -0.1) is 0 Å². The second-order valence-electron chi connectivity index (χ2n) is 7.24. The number of hydrogen-bond acceptors (Lipinski definition) is 5. The Kier molecular flexibility index (Phi) is 10.5. The third-order valence-corrected chi connectivity index (χ3v) is 5.22. The molecule has 0 bridgehead atoms. The molecule has 2 aliphatic heterocycles. The first-order valence-corrected chi connectivity index (χ1v) is 10.7. The van der Waals surface area contributed by atoms with Gasteiger partial charge in [-0.25, -0.2) is 0 Å². The Morgan fingerprint density at radius 1 is 1.15 bits per heavy atom. The van der Waals surface area contributed by atoms with Crippen LogP contribution in [0.2, 0.25) is 0 Å². The molecule has 27 heavy (non-hydrogen) atoms. The Bertz CT molecular complexity index is 453. The number of ether oxygens (including phenoxy) is 2. The molecular formula is C20H38N4O3. The molecule has 0 aromatic rings. The van der Waals surface area contributed by atoms with Crippen molar-refractivity contribution < 1.29 is 14.3 Å². The van der Waals surface area contributed by atoms with Gasteiger partial charge in [0.1, 0.15) is 0 Å². The summed E-state index contributed by atoms with van der Waals surface area (Å²) in [6.45, 7) is 12.2. The largest absolute Gasteiger partial charge is 0.466 e. The maximum atomic E-state index is 11.3. The number of carbonyl (C=O) groups excluding carboxylic acids is 1. The van der Waals surface area contributed by atoms with Crippen molar-refractivity contribution in [2.45, 2.75) is 58.4 Å². The summed E-state index contributed by atoms with van der Waals surface area (Å²) in [7, 11) is 0. The molecule has 1 N–H and O–H groups in total. The van der Waals surface area contributed by atoms with Crippen LogP contribution >= 0.6 is 0 Å². The molecule has 7 heteroatoms. The van der Waals surface area contributed by atoms with Crippen molar-refractivity contribution in [3.8, 4) is 0 Å². The summed E-state index contributed by atoms with van der Waals surface area (Å²) in [6.07, 6.45) is 5.90. The fourth-order valence-corrected chi connectivity index (χ4v) is 3.75. The number of aliphatic imine (C=N–C) groups is 1. The van der Waals surface area contributed by atoms with Gasteiger partial charge in [0.2, 0.25) is 0 Å². The lowest BCUT2D eigenvalue weighted by molar-refractivity contribution is -0.143.